The number of nitrogens with zero attached hydrogens (tertiary/aromatic N) is 3. The molecule has 4 nitrogen and oxygen atoms in total. The highest BCUT2D eigenvalue weighted by molar-refractivity contribution is 5.86. The molecule has 0 aliphatic heterocycles. The van der Waals surface area contributed by atoms with E-state index in [1.807, 2.05) is 6.07 Å². The van der Waals surface area contributed by atoms with Gasteiger partial charge in [-0.2, -0.15) is 5.10 Å². The highest BCUT2D eigenvalue weighted by Gasteiger charge is 2.09. The van der Waals surface area contributed by atoms with Crippen LogP contribution in [0.3, 0.4) is 0 Å². The highest BCUT2D eigenvalue weighted by Crippen LogP contribution is 2.27. The summed E-state index contributed by atoms with van der Waals surface area (Å²) in [5.74, 6) is -0.328. The van der Waals surface area contributed by atoms with Crippen LogP contribution >= 0.6 is 24.8 Å². The summed E-state index contributed by atoms with van der Waals surface area (Å²) < 4.78 is 15.5. The van der Waals surface area contributed by atoms with E-state index in [1.54, 1.807) is 30.2 Å². The number of aryl methyl sites for hydroxylation is 1. The molecule has 0 radical (unpaired) electrons. The summed E-state index contributed by atoms with van der Waals surface area (Å²) in [6.45, 7) is 0. The molecule has 0 spiro atoms. The molecule has 1 aromatic carbocycles. The van der Waals surface area contributed by atoms with Crippen LogP contribution in [0.1, 0.15) is 0 Å². The Morgan fingerprint density at radius 1 is 1.10 bits per heavy atom. The molecular weight excluding hydrogens is 304 g/mol. The molecule has 0 aliphatic carbocycles. The van der Waals surface area contributed by atoms with Crippen LogP contribution in [0.2, 0.25) is 0 Å². The van der Waals surface area contributed by atoms with Crippen LogP contribution in [0.5, 0.6) is 5.75 Å². The first kappa shape index (κ1) is 16.2. The van der Waals surface area contributed by atoms with E-state index in [0.717, 1.165) is 5.39 Å². The largest absolute Gasteiger partial charge is 0.506 e. The normalized spacial score (nSPS) is 9.90. The van der Waals surface area contributed by atoms with Gasteiger partial charge in [0.05, 0.1) is 6.20 Å². The number of aromatic hydroxyl groups is 1. The molecule has 0 fully saturated rings. The first-order valence-electron chi connectivity index (χ1n) is 5.41. The van der Waals surface area contributed by atoms with Crippen molar-refractivity contribution in [3.8, 4) is 16.9 Å². The minimum atomic E-state index is -0.383. The van der Waals surface area contributed by atoms with Gasteiger partial charge in [-0.1, -0.05) is 0 Å². The Balaban J connectivity index is 0.000001000. The second-order valence-corrected chi connectivity index (χ2v) is 4.13. The summed E-state index contributed by atoms with van der Waals surface area (Å²) in [6.07, 6.45) is 4.66. The summed E-state index contributed by atoms with van der Waals surface area (Å²) in [5.41, 5.74) is 1.67. The lowest BCUT2D eigenvalue weighted by Gasteiger charge is -2.02. The Hall–Kier alpha value is -1.85. The molecule has 2 heterocycles. The average molecular weight is 316 g/mol. The van der Waals surface area contributed by atoms with Crippen LogP contribution < -0.4 is 0 Å². The minimum absolute atomic E-state index is 0. The van der Waals surface area contributed by atoms with Crippen molar-refractivity contribution in [1.82, 2.24) is 14.8 Å². The van der Waals surface area contributed by atoms with E-state index in [0.29, 0.717) is 16.6 Å². The second-order valence-electron chi connectivity index (χ2n) is 4.13. The van der Waals surface area contributed by atoms with Crippen molar-refractivity contribution in [3.63, 3.8) is 0 Å². The maximum atomic E-state index is 13.9. The zero-order valence-electron chi connectivity index (χ0n) is 10.4. The van der Waals surface area contributed by atoms with Crippen molar-refractivity contribution in [1.29, 1.82) is 0 Å². The summed E-state index contributed by atoms with van der Waals surface area (Å²) in [4.78, 5) is 3.88. The molecule has 0 unspecified atom stereocenters. The topological polar surface area (TPSA) is 50.9 Å². The van der Waals surface area contributed by atoms with Crippen molar-refractivity contribution < 1.29 is 9.50 Å². The predicted molar refractivity (Wildman–Crippen MR) is 80.1 cm³/mol. The fourth-order valence-corrected chi connectivity index (χ4v) is 1.96. The van der Waals surface area contributed by atoms with Crippen molar-refractivity contribution >= 4 is 35.7 Å². The van der Waals surface area contributed by atoms with E-state index in [-0.39, 0.29) is 36.4 Å². The van der Waals surface area contributed by atoms with Crippen molar-refractivity contribution in [2.75, 3.05) is 0 Å². The lowest BCUT2D eigenvalue weighted by molar-refractivity contribution is 0.473. The third kappa shape index (κ3) is 2.84. The molecule has 106 valence electrons. The number of rotatable bonds is 1. The Morgan fingerprint density at radius 3 is 2.55 bits per heavy atom. The van der Waals surface area contributed by atoms with Gasteiger partial charge in [-0.25, -0.2) is 4.39 Å². The number of fused-ring (bicyclic) bond motifs is 1. The van der Waals surface area contributed by atoms with Gasteiger partial charge >= 0.3 is 0 Å². The maximum absolute atomic E-state index is 13.9. The zero-order chi connectivity index (χ0) is 12.7. The van der Waals surface area contributed by atoms with Gasteiger partial charge in [0, 0.05) is 30.4 Å². The van der Waals surface area contributed by atoms with Crippen molar-refractivity contribution in [3.05, 3.63) is 42.6 Å². The summed E-state index contributed by atoms with van der Waals surface area (Å²) >= 11 is 0. The highest BCUT2D eigenvalue weighted by atomic mass is 35.5. The van der Waals surface area contributed by atoms with Gasteiger partial charge in [-0.3, -0.25) is 9.67 Å². The molecule has 0 bridgehead atoms. The quantitative estimate of drug-likeness (QED) is 0.749. The Morgan fingerprint density at radius 2 is 1.85 bits per heavy atom. The SMILES string of the molecule is Cl.Cl.Cn1cc2cc(-c3cncc(O)c3)cc(F)c2n1. The molecular formula is C13H12Cl2FN3O. The molecule has 0 atom stereocenters. The van der Waals surface area contributed by atoms with Gasteiger partial charge in [-0.05, 0) is 23.8 Å². The van der Waals surface area contributed by atoms with Gasteiger partial charge in [-0.15, -0.1) is 24.8 Å². The van der Waals surface area contributed by atoms with Crippen LogP contribution in [0, 0.1) is 5.82 Å². The molecule has 7 heteroatoms. The first-order valence-corrected chi connectivity index (χ1v) is 5.41. The van der Waals surface area contributed by atoms with Gasteiger partial charge in [0.25, 0.3) is 0 Å². The third-order valence-electron chi connectivity index (χ3n) is 2.73. The fraction of sp³-hybridized carbons (Fsp3) is 0.0769. The monoisotopic (exact) mass is 315 g/mol. The summed E-state index contributed by atoms with van der Waals surface area (Å²) in [7, 11) is 1.75. The van der Waals surface area contributed by atoms with E-state index in [1.165, 1.54) is 12.3 Å². The molecule has 2 aromatic heterocycles. The fourth-order valence-electron chi connectivity index (χ4n) is 1.96. The smallest absolute Gasteiger partial charge is 0.151 e. The number of halogens is 3. The zero-order valence-corrected chi connectivity index (χ0v) is 12.1. The number of benzene rings is 1. The van der Waals surface area contributed by atoms with Gasteiger partial charge < -0.3 is 5.11 Å². The Bertz CT molecular complexity index is 746. The second kappa shape index (κ2) is 6.07. The lowest BCUT2D eigenvalue weighted by atomic mass is 10.1. The van der Waals surface area contributed by atoms with Crippen LogP contribution in [0.15, 0.2) is 36.8 Å². The molecule has 0 saturated carbocycles. The molecule has 3 rings (SSSR count). The molecule has 3 aromatic rings. The molecule has 1 N–H and O–H groups in total. The summed E-state index contributed by atoms with van der Waals surface area (Å²) in [5, 5.41) is 14.1. The lowest BCUT2D eigenvalue weighted by Crippen LogP contribution is -1.87. The molecule has 0 amide bonds. The van der Waals surface area contributed by atoms with Gasteiger partial charge in [0.1, 0.15) is 11.3 Å². The minimum Gasteiger partial charge on any atom is -0.506 e. The standard InChI is InChI=1S/C13H10FN3O.2ClH/c1-17-7-10-2-8(4-12(14)13(10)16-17)9-3-11(18)6-15-5-9;;/h2-7,18H,1H3;2*1H. The summed E-state index contributed by atoms with van der Waals surface area (Å²) in [6, 6.07) is 4.76. The van der Waals surface area contributed by atoms with Crippen LogP contribution in [0.25, 0.3) is 22.0 Å². The van der Waals surface area contributed by atoms with Crippen molar-refractivity contribution in [2.24, 2.45) is 7.05 Å². The third-order valence-corrected chi connectivity index (χ3v) is 2.73. The van der Waals surface area contributed by atoms with E-state index < -0.39 is 0 Å². The van der Waals surface area contributed by atoms with Crippen LogP contribution in [0.4, 0.5) is 4.39 Å². The van der Waals surface area contributed by atoms with E-state index in [4.69, 9.17) is 0 Å². The number of hydrogen-bond donors (Lipinski definition) is 1. The Kier molecular flexibility index (Phi) is 4.92. The van der Waals surface area contributed by atoms with Crippen LogP contribution in [-0.2, 0) is 7.05 Å². The predicted octanol–water partition coefficient (Wildman–Crippen LogP) is 3.32. The van der Waals surface area contributed by atoms with Crippen LogP contribution in [-0.4, -0.2) is 19.9 Å². The Labute approximate surface area is 127 Å². The molecule has 0 aliphatic rings. The molecule has 20 heavy (non-hydrogen) atoms. The van der Waals surface area contributed by atoms with Gasteiger partial charge in [0.15, 0.2) is 5.82 Å². The first-order chi connectivity index (χ1) is 8.63. The van der Waals surface area contributed by atoms with E-state index >= 15 is 0 Å². The van der Waals surface area contributed by atoms with E-state index in [2.05, 4.69) is 10.1 Å². The molecule has 0 saturated heterocycles. The average Bonchev–Trinajstić information content (AvgIpc) is 2.70. The van der Waals surface area contributed by atoms with E-state index in [9.17, 15) is 9.50 Å². The number of hydrogen-bond acceptors (Lipinski definition) is 3. The van der Waals surface area contributed by atoms with Crippen molar-refractivity contribution in [2.45, 2.75) is 0 Å². The maximum Gasteiger partial charge on any atom is 0.151 e. The number of aromatic nitrogens is 3. The number of pyridine rings is 1. The van der Waals surface area contributed by atoms with Gasteiger partial charge in [0.2, 0.25) is 0 Å².